The molecule has 0 bridgehead atoms. The number of hydrogen-bond acceptors (Lipinski definition) is 3. The van der Waals surface area contributed by atoms with Gasteiger partial charge in [-0.1, -0.05) is 0 Å². The maximum absolute atomic E-state index is 12.9. The molecule has 0 aliphatic heterocycles. The third-order valence-electron chi connectivity index (χ3n) is 2.80. The summed E-state index contributed by atoms with van der Waals surface area (Å²) in [6, 6.07) is 11.5. The highest BCUT2D eigenvalue weighted by atomic mass is 19.1. The van der Waals surface area contributed by atoms with Crippen LogP contribution in [-0.2, 0) is 0 Å². The van der Waals surface area contributed by atoms with E-state index in [4.69, 9.17) is 11.5 Å². The fraction of sp³-hybridized carbons (Fsp3) is 0. The summed E-state index contributed by atoms with van der Waals surface area (Å²) in [4.78, 5) is 0. The monoisotopic (exact) mass is 242 g/mol. The minimum atomic E-state index is -0.285. The second-order valence-corrected chi connectivity index (χ2v) is 4.05. The lowest BCUT2D eigenvalue weighted by molar-refractivity contribution is 0.627. The molecule has 0 saturated heterocycles. The van der Waals surface area contributed by atoms with Gasteiger partial charge in [-0.05, 0) is 42.5 Å². The van der Waals surface area contributed by atoms with Gasteiger partial charge in [-0.3, -0.25) is 0 Å². The summed E-state index contributed by atoms with van der Waals surface area (Å²) in [5.41, 5.74) is 13.8. The van der Waals surface area contributed by atoms with Crippen LogP contribution in [0.4, 0.5) is 15.9 Å². The molecule has 3 rings (SSSR count). The van der Waals surface area contributed by atoms with Crippen LogP contribution in [0, 0.1) is 5.82 Å². The first-order valence-corrected chi connectivity index (χ1v) is 5.45. The minimum Gasteiger partial charge on any atom is -0.399 e. The van der Waals surface area contributed by atoms with E-state index >= 15 is 0 Å². The van der Waals surface area contributed by atoms with Crippen LogP contribution in [0.3, 0.4) is 0 Å². The Bertz CT molecular complexity index is 716. The summed E-state index contributed by atoms with van der Waals surface area (Å²) in [5.74, 6) is 0.119. The maximum atomic E-state index is 12.9. The van der Waals surface area contributed by atoms with Crippen molar-refractivity contribution in [3.8, 4) is 5.69 Å². The molecule has 3 aromatic rings. The zero-order valence-corrected chi connectivity index (χ0v) is 9.47. The number of anilines is 2. The lowest BCUT2D eigenvalue weighted by Crippen LogP contribution is -1.97. The van der Waals surface area contributed by atoms with Gasteiger partial charge in [0.2, 0.25) is 0 Å². The largest absolute Gasteiger partial charge is 0.399 e. The molecule has 5 heteroatoms. The highest BCUT2D eigenvalue weighted by molar-refractivity contribution is 5.92. The van der Waals surface area contributed by atoms with Crippen LogP contribution in [0.5, 0.6) is 0 Å². The van der Waals surface area contributed by atoms with Crippen LogP contribution >= 0.6 is 0 Å². The molecule has 0 fully saturated rings. The number of hydrogen-bond donors (Lipinski definition) is 2. The van der Waals surface area contributed by atoms with Gasteiger partial charge in [-0.15, -0.1) is 5.10 Å². The van der Waals surface area contributed by atoms with Crippen molar-refractivity contribution in [3.05, 3.63) is 48.3 Å². The average Bonchev–Trinajstić information content (AvgIpc) is 2.68. The predicted octanol–water partition coefficient (Wildman–Crippen LogP) is 2.33. The van der Waals surface area contributed by atoms with Crippen molar-refractivity contribution >= 4 is 22.4 Å². The molecule has 0 unspecified atom stereocenters. The number of rotatable bonds is 1. The summed E-state index contributed by atoms with van der Waals surface area (Å²) in [7, 11) is 0. The fourth-order valence-corrected chi connectivity index (χ4v) is 1.94. The van der Waals surface area contributed by atoms with Gasteiger partial charge in [0, 0.05) is 11.1 Å². The topological polar surface area (TPSA) is 69.9 Å². The van der Waals surface area contributed by atoms with Gasteiger partial charge in [0.1, 0.15) is 5.82 Å². The first kappa shape index (κ1) is 10.6. The second kappa shape index (κ2) is 3.73. The Morgan fingerprint density at radius 2 is 1.72 bits per heavy atom. The lowest BCUT2D eigenvalue weighted by Gasteiger charge is -2.03. The van der Waals surface area contributed by atoms with Crippen molar-refractivity contribution in [2.45, 2.75) is 0 Å². The first-order chi connectivity index (χ1) is 8.65. The molecule has 1 heterocycles. The Kier molecular flexibility index (Phi) is 2.19. The predicted molar refractivity (Wildman–Crippen MR) is 69.9 cm³/mol. The van der Waals surface area contributed by atoms with E-state index in [0.29, 0.717) is 11.5 Å². The summed E-state index contributed by atoms with van der Waals surface area (Å²) >= 11 is 0. The summed E-state index contributed by atoms with van der Waals surface area (Å²) in [6.45, 7) is 0. The molecule has 4 N–H and O–H groups in total. The molecule has 0 spiro atoms. The summed E-state index contributed by atoms with van der Waals surface area (Å²) in [6.07, 6.45) is 0. The standard InChI is InChI=1S/C13H11FN4/c14-8-1-4-10(5-2-8)18-12-6-3-9(15)7-11(12)13(16)17-18/h1-7H,15H2,(H2,16,17). The number of nitrogen functional groups attached to an aromatic ring is 2. The zero-order chi connectivity index (χ0) is 12.7. The Balaban J connectivity index is 2.26. The quantitative estimate of drug-likeness (QED) is 0.643. The lowest BCUT2D eigenvalue weighted by atomic mass is 10.2. The Labute approximate surface area is 103 Å². The zero-order valence-electron chi connectivity index (χ0n) is 9.47. The van der Waals surface area contributed by atoms with Gasteiger partial charge in [0.15, 0.2) is 5.82 Å². The molecule has 1 aromatic heterocycles. The van der Waals surface area contributed by atoms with Crippen LogP contribution in [0.25, 0.3) is 16.6 Å². The van der Waals surface area contributed by atoms with Crippen molar-refractivity contribution in [2.24, 2.45) is 0 Å². The van der Waals surface area contributed by atoms with Crippen molar-refractivity contribution in [2.75, 3.05) is 11.5 Å². The Morgan fingerprint density at radius 3 is 2.44 bits per heavy atom. The number of benzene rings is 2. The molecule has 0 saturated carbocycles. The summed E-state index contributed by atoms with van der Waals surface area (Å²) < 4.78 is 14.6. The van der Waals surface area contributed by atoms with E-state index in [1.165, 1.54) is 12.1 Å². The Hall–Kier alpha value is -2.56. The van der Waals surface area contributed by atoms with Crippen molar-refractivity contribution in [1.29, 1.82) is 0 Å². The van der Waals surface area contributed by atoms with E-state index in [-0.39, 0.29) is 5.82 Å². The van der Waals surface area contributed by atoms with Crippen LogP contribution in [-0.4, -0.2) is 9.78 Å². The minimum absolute atomic E-state index is 0.285. The van der Waals surface area contributed by atoms with E-state index in [1.54, 1.807) is 28.9 Å². The molecule has 4 nitrogen and oxygen atoms in total. The Morgan fingerprint density at radius 1 is 1.00 bits per heavy atom. The third kappa shape index (κ3) is 1.57. The van der Waals surface area contributed by atoms with Gasteiger partial charge < -0.3 is 11.5 Å². The van der Waals surface area contributed by atoms with Crippen molar-refractivity contribution < 1.29 is 4.39 Å². The molecule has 90 valence electrons. The fourth-order valence-electron chi connectivity index (χ4n) is 1.94. The normalized spacial score (nSPS) is 10.9. The number of fused-ring (bicyclic) bond motifs is 1. The molecule has 0 atom stereocenters. The molecule has 2 aromatic carbocycles. The number of nitrogens with zero attached hydrogens (tertiary/aromatic N) is 2. The van der Waals surface area contributed by atoms with E-state index in [2.05, 4.69) is 5.10 Å². The molecule has 0 amide bonds. The first-order valence-electron chi connectivity index (χ1n) is 5.45. The molecule has 18 heavy (non-hydrogen) atoms. The van der Waals surface area contributed by atoms with E-state index in [9.17, 15) is 4.39 Å². The van der Waals surface area contributed by atoms with Crippen molar-refractivity contribution in [1.82, 2.24) is 9.78 Å². The van der Waals surface area contributed by atoms with Gasteiger partial charge in [0.05, 0.1) is 11.2 Å². The molecular formula is C13H11FN4. The van der Waals surface area contributed by atoms with Crippen LogP contribution in [0.15, 0.2) is 42.5 Å². The van der Waals surface area contributed by atoms with E-state index in [1.807, 2.05) is 6.07 Å². The third-order valence-corrected chi connectivity index (χ3v) is 2.80. The molecule has 0 aliphatic rings. The maximum Gasteiger partial charge on any atom is 0.153 e. The number of aromatic nitrogens is 2. The number of halogens is 1. The molecule has 0 aliphatic carbocycles. The highest BCUT2D eigenvalue weighted by Gasteiger charge is 2.09. The van der Waals surface area contributed by atoms with Crippen LogP contribution < -0.4 is 11.5 Å². The highest BCUT2D eigenvalue weighted by Crippen LogP contribution is 2.25. The van der Waals surface area contributed by atoms with E-state index < -0.39 is 0 Å². The SMILES string of the molecule is Nc1ccc2c(c1)c(N)nn2-c1ccc(F)cc1. The van der Waals surface area contributed by atoms with Crippen molar-refractivity contribution in [3.63, 3.8) is 0 Å². The summed E-state index contributed by atoms with van der Waals surface area (Å²) in [5, 5.41) is 5.04. The van der Waals surface area contributed by atoms with Gasteiger partial charge in [-0.2, -0.15) is 0 Å². The van der Waals surface area contributed by atoms with Gasteiger partial charge >= 0.3 is 0 Å². The average molecular weight is 242 g/mol. The van der Waals surface area contributed by atoms with Crippen LogP contribution in [0.2, 0.25) is 0 Å². The van der Waals surface area contributed by atoms with Gasteiger partial charge in [0.25, 0.3) is 0 Å². The van der Waals surface area contributed by atoms with Crippen LogP contribution in [0.1, 0.15) is 0 Å². The number of nitrogens with two attached hydrogens (primary N) is 2. The van der Waals surface area contributed by atoms with Gasteiger partial charge in [-0.25, -0.2) is 9.07 Å². The second-order valence-electron chi connectivity index (χ2n) is 4.05. The molecule has 0 radical (unpaired) electrons. The van der Waals surface area contributed by atoms with E-state index in [0.717, 1.165) is 16.6 Å². The smallest absolute Gasteiger partial charge is 0.153 e. The molecular weight excluding hydrogens is 231 g/mol.